The number of likely N-dealkylation sites (tertiary alicyclic amines) is 1. The molecule has 2 atom stereocenters. The highest BCUT2D eigenvalue weighted by molar-refractivity contribution is 5.77. The number of ether oxygens (including phenoxy) is 1. The Labute approximate surface area is 91.0 Å². The van der Waals surface area contributed by atoms with E-state index in [-0.39, 0.29) is 18.6 Å². The van der Waals surface area contributed by atoms with E-state index in [1.807, 2.05) is 0 Å². The molecule has 4 heteroatoms. The Bertz CT molecular complexity index is 223. The highest BCUT2D eigenvalue weighted by atomic mass is 16.5. The van der Waals surface area contributed by atoms with Crippen LogP contribution in [0.4, 0.5) is 0 Å². The number of nitrogens with one attached hydrogen (secondary N) is 1. The van der Waals surface area contributed by atoms with E-state index in [4.69, 9.17) is 4.74 Å². The fourth-order valence-electron chi connectivity index (χ4n) is 2.56. The summed E-state index contributed by atoms with van der Waals surface area (Å²) >= 11 is 0. The van der Waals surface area contributed by atoms with Crippen LogP contribution in [-0.4, -0.2) is 49.2 Å². The van der Waals surface area contributed by atoms with Crippen LogP contribution in [0.25, 0.3) is 0 Å². The lowest BCUT2D eigenvalue weighted by Gasteiger charge is -2.29. The SMILES string of the molecule is CCN1CCCC1CC1CNC(=O)CO1. The standard InChI is InChI=1S/C11H20N2O2/c1-2-13-5-3-4-9(13)6-10-7-12-11(14)8-15-10/h9-10H,2-8H2,1H3,(H,12,14). The van der Waals surface area contributed by atoms with Gasteiger partial charge in [0.1, 0.15) is 6.61 Å². The molecule has 0 aliphatic carbocycles. The first-order valence-corrected chi connectivity index (χ1v) is 5.92. The van der Waals surface area contributed by atoms with E-state index in [0.717, 1.165) is 13.0 Å². The summed E-state index contributed by atoms with van der Waals surface area (Å²) in [5.74, 6) is 0.0185. The normalized spacial score (nSPS) is 33.0. The van der Waals surface area contributed by atoms with Crippen molar-refractivity contribution in [2.24, 2.45) is 0 Å². The second-order valence-electron chi connectivity index (χ2n) is 4.40. The molecule has 0 spiro atoms. The Kier molecular flexibility index (Phi) is 3.59. The van der Waals surface area contributed by atoms with Crippen LogP contribution in [0.3, 0.4) is 0 Å². The Morgan fingerprint density at radius 1 is 1.60 bits per heavy atom. The summed E-state index contributed by atoms with van der Waals surface area (Å²) in [5.41, 5.74) is 0. The molecule has 2 aliphatic rings. The van der Waals surface area contributed by atoms with E-state index in [9.17, 15) is 4.79 Å². The van der Waals surface area contributed by atoms with E-state index >= 15 is 0 Å². The number of morpholine rings is 1. The van der Waals surface area contributed by atoms with Gasteiger partial charge in [-0.25, -0.2) is 0 Å². The lowest BCUT2D eigenvalue weighted by Crippen LogP contribution is -2.45. The van der Waals surface area contributed by atoms with Gasteiger partial charge >= 0.3 is 0 Å². The smallest absolute Gasteiger partial charge is 0.246 e. The Balaban J connectivity index is 1.78. The van der Waals surface area contributed by atoms with E-state index < -0.39 is 0 Å². The quantitative estimate of drug-likeness (QED) is 0.735. The molecule has 0 aromatic rings. The van der Waals surface area contributed by atoms with E-state index in [0.29, 0.717) is 12.6 Å². The van der Waals surface area contributed by atoms with Gasteiger partial charge in [0, 0.05) is 12.6 Å². The summed E-state index contributed by atoms with van der Waals surface area (Å²) in [5, 5.41) is 2.86. The van der Waals surface area contributed by atoms with Gasteiger partial charge in [-0.05, 0) is 32.4 Å². The van der Waals surface area contributed by atoms with Crippen LogP contribution < -0.4 is 5.32 Å². The van der Waals surface area contributed by atoms with Crippen LogP contribution in [0.2, 0.25) is 0 Å². The average molecular weight is 212 g/mol. The predicted octanol–water partition coefficient (Wildman–Crippen LogP) is 0.376. The van der Waals surface area contributed by atoms with Gasteiger partial charge in [-0.1, -0.05) is 6.92 Å². The molecule has 2 saturated heterocycles. The van der Waals surface area contributed by atoms with E-state index in [2.05, 4.69) is 17.1 Å². The lowest BCUT2D eigenvalue weighted by atomic mass is 10.1. The van der Waals surface area contributed by atoms with Crippen molar-refractivity contribution in [3.8, 4) is 0 Å². The fourth-order valence-corrected chi connectivity index (χ4v) is 2.56. The zero-order valence-electron chi connectivity index (χ0n) is 9.37. The third kappa shape index (κ3) is 2.69. The molecule has 4 nitrogen and oxygen atoms in total. The van der Waals surface area contributed by atoms with E-state index in [1.165, 1.54) is 19.4 Å². The Morgan fingerprint density at radius 2 is 2.47 bits per heavy atom. The van der Waals surface area contributed by atoms with Crippen molar-refractivity contribution in [2.45, 2.75) is 38.3 Å². The second kappa shape index (κ2) is 4.94. The van der Waals surface area contributed by atoms with Crippen molar-refractivity contribution in [2.75, 3.05) is 26.2 Å². The zero-order chi connectivity index (χ0) is 10.7. The summed E-state index contributed by atoms with van der Waals surface area (Å²) in [4.78, 5) is 13.4. The van der Waals surface area contributed by atoms with Crippen molar-refractivity contribution in [1.82, 2.24) is 10.2 Å². The minimum absolute atomic E-state index is 0.0185. The first-order chi connectivity index (χ1) is 7.29. The molecule has 2 rings (SSSR count). The topological polar surface area (TPSA) is 41.6 Å². The summed E-state index contributed by atoms with van der Waals surface area (Å²) in [6, 6.07) is 0.662. The number of rotatable bonds is 3. The van der Waals surface area contributed by atoms with Crippen LogP contribution in [0, 0.1) is 0 Å². The molecule has 0 aromatic carbocycles. The number of amides is 1. The van der Waals surface area contributed by atoms with E-state index in [1.54, 1.807) is 0 Å². The molecule has 0 aromatic heterocycles. The molecule has 1 amide bonds. The van der Waals surface area contributed by atoms with Crippen LogP contribution in [0.5, 0.6) is 0 Å². The molecule has 0 radical (unpaired) electrons. The average Bonchev–Trinajstić information content (AvgIpc) is 2.69. The molecule has 2 heterocycles. The number of hydrogen-bond donors (Lipinski definition) is 1. The number of hydrogen-bond acceptors (Lipinski definition) is 3. The van der Waals surface area contributed by atoms with Crippen LogP contribution in [0.15, 0.2) is 0 Å². The largest absolute Gasteiger partial charge is 0.367 e. The predicted molar refractivity (Wildman–Crippen MR) is 57.6 cm³/mol. The number of carbonyl (C=O) groups is 1. The van der Waals surface area contributed by atoms with Crippen molar-refractivity contribution in [3.05, 3.63) is 0 Å². The van der Waals surface area contributed by atoms with Crippen molar-refractivity contribution in [1.29, 1.82) is 0 Å². The van der Waals surface area contributed by atoms with Gasteiger partial charge in [0.2, 0.25) is 5.91 Å². The molecule has 0 bridgehead atoms. The van der Waals surface area contributed by atoms with Crippen LogP contribution in [-0.2, 0) is 9.53 Å². The lowest BCUT2D eigenvalue weighted by molar-refractivity contribution is -0.133. The molecule has 15 heavy (non-hydrogen) atoms. The molecular formula is C11H20N2O2. The number of nitrogens with zero attached hydrogens (tertiary/aromatic N) is 1. The minimum atomic E-state index is 0.0185. The maximum atomic E-state index is 10.9. The fraction of sp³-hybridized carbons (Fsp3) is 0.909. The maximum Gasteiger partial charge on any atom is 0.246 e. The molecule has 2 aliphatic heterocycles. The first-order valence-electron chi connectivity index (χ1n) is 5.92. The van der Waals surface area contributed by atoms with Crippen LogP contribution >= 0.6 is 0 Å². The third-order valence-corrected chi connectivity index (χ3v) is 3.42. The highest BCUT2D eigenvalue weighted by Crippen LogP contribution is 2.22. The second-order valence-corrected chi connectivity index (χ2v) is 4.40. The van der Waals surface area contributed by atoms with Crippen molar-refractivity contribution < 1.29 is 9.53 Å². The first kappa shape index (κ1) is 10.9. The van der Waals surface area contributed by atoms with Crippen molar-refractivity contribution >= 4 is 5.91 Å². The van der Waals surface area contributed by atoms with Gasteiger partial charge in [0.25, 0.3) is 0 Å². The molecule has 1 N–H and O–H groups in total. The van der Waals surface area contributed by atoms with Gasteiger partial charge in [0.05, 0.1) is 6.10 Å². The molecule has 2 fully saturated rings. The third-order valence-electron chi connectivity index (χ3n) is 3.42. The monoisotopic (exact) mass is 212 g/mol. The molecule has 2 unspecified atom stereocenters. The molecular weight excluding hydrogens is 192 g/mol. The molecule has 86 valence electrons. The zero-order valence-corrected chi connectivity index (χ0v) is 9.37. The Morgan fingerprint density at radius 3 is 3.13 bits per heavy atom. The van der Waals surface area contributed by atoms with Gasteiger partial charge in [0.15, 0.2) is 0 Å². The summed E-state index contributed by atoms with van der Waals surface area (Å²) in [6.07, 6.45) is 3.87. The summed E-state index contributed by atoms with van der Waals surface area (Å²) in [6.45, 7) is 5.49. The van der Waals surface area contributed by atoms with Crippen molar-refractivity contribution in [3.63, 3.8) is 0 Å². The summed E-state index contributed by atoms with van der Waals surface area (Å²) in [7, 11) is 0. The van der Waals surface area contributed by atoms with Gasteiger partial charge in [-0.3, -0.25) is 4.79 Å². The maximum absolute atomic E-state index is 10.9. The van der Waals surface area contributed by atoms with Gasteiger partial charge in [-0.2, -0.15) is 0 Å². The molecule has 0 saturated carbocycles. The Hall–Kier alpha value is -0.610. The summed E-state index contributed by atoms with van der Waals surface area (Å²) < 4.78 is 5.51. The number of carbonyl (C=O) groups excluding carboxylic acids is 1. The van der Waals surface area contributed by atoms with Gasteiger partial charge in [-0.15, -0.1) is 0 Å². The highest BCUT2D eigenvalue weighted by Gasteiger charge is 2.28. The van der Waals surface area contributed by atoms with Crippen LogP contribution in [0.1, 0.15) is 26.2 Å². The van der Waals surface area contributed by atoms with Gasteiger partial charge < -0.3 is 15.0 Å². The minimum Gasteiger partial charge on any atom is -0.367 e.